The number of carbonyl (C=O) groups excluding carboxylic acids is 1. The minimum atomic E-state index is -0.305. The lowest BCUT2D eigenvalue weighted by Crippen LogP contribution is -2.37. The topological polar surface area (TPSA) is 60.9 Å². The van der Waals surface area contributed by atoms with E-state index in [-0.39, 0.29) is 24.8 Å². The number of carbonyl (C=O) groups is 1. The highest BCUT2D eigenvalue weighted by molar-refractivity contribution is 7.09. The summed E-state index contributed by atoms with van der Waals surface area (Å²) in [6.07, 6.45) is 1.02. The lowest BCUT2D eigenvalue weighted by atomic mass is 9.98. The molecule has 6 nitrogen and oxygen atoms in total. The van der Waals surface area contributed by atoms with Gasteiger partial charge in [0.25, 0.3) is 0 Å². The number of rotatable bonds is 7. The number of fused-ring (bicyclic) bond motifs is 1. The van der Waals surface area contributed by atoms with Crippen molar-refractivity contribution in [2.24, 2.45) is 0 Å². The van der Waals surface area contributed by atoms with E-state index in [2.05, 4.69) is 4.98 Å². The molecule has 0 spiro atoms. The number of hydrogen-bond donors (Lipinski definition) is 0. The summed E-state index contributed by atoms with van der Waals surface area (Å²) in [5.41, 5.74) is 2.98. The van der Waals surface area contributed by atoms with Crippen molar-refractivity contribution < 1.29 is 23.4 Å². The first-order valence-corrected chi connectivity index (χ1v) is 10.8. The van der Waals surface area contributed by atoms with E-state index in [1.54, 1.807) is 26.4 Å². The van der Waals surface area contributed by atoms with Gasteiger partial charge < -0.3 is 19.1 Å². The van der Waals surface area contributed by atoms with Crippen molar-refractivity contribution in [2.75, 3.05) is 20.8 Å². The number of aromatic nitrogens is 1. The highest BCUT2D eigenvalue weighted by Crippen LogP contribution is 2.33. The Morgan fingerprint density at radius 1 is 1.13 bits per heavy atom. The van der Waals surface area contributed by atoms with Crippen molar-refractivity contribution in [3.8, 4) is 17.2 Å². The second-order valence-corrected chi connectivity index (χ2v) is 8.14. The third kappa shape index (κ3) is 4.96. The van der Waals surface area contributed by atoms with Gasteiger partial charge in [-0.05, 0) is 53.9 Å². The first kappa shape index (κ1) is 21.1. The Labute approximate surface area is 184 Å². The average molecular weight is 443 g/mol. The normalized spacial score (nSPS) is 12.9. The van der Waals surface area contributed by atoms with Crippen molar-refractivity contribution in [3.05, 3.63) is 69.4 Å². The van der Waals surface area contributed by atoms with Crippen LogP contribution in [0.2, 0.25) is 0 Å². The Morgan fingerprint density at radius 3 is 2.55 bits per heavy atom. The summed E-state index contributed by atoms with van der Waals surface area (Å²) >= 11 is 1.45. The third-order valence-electron chi connectivity index (χ3n) is 5.18. The summed E-state index contributed by atoms with van der Waals surface area (Å²) in [4.78, 5) is 19.2. The summed E-state index contributed by atoms with van der Waals surface area (Å²) < 4.78 is 29.4. The highest BCUT2D eigenvalue weighted by Gasteiger charge is 2.23. The molecule has 1 aromatic heterocycles. The van der Waals surface area contributed by atoms with Gasteiger partial charge >= 0.3 is 0 Å². The lowest BCUT2D eigenvalue weighted by Gasteiger charge is -2.29. The van der Waals surface area contributed by atoms with Gasteiger partial charge in [0.1, 0.15) is 23.2 Å². The molecule has 0 radical (unpaired) electrons. The molecule has 0 saturated heterocycles. The molecule has 0 bridgehead atoms. The number of ether oxygens (including phenoxy) is 3. The Kier molecular flexibility index (Phi) is 6.36. The molecule has 2 aromatic carbocycles. The molecule has 0 saturated carbocycles. The average Bonchev–Trinajstić information content (AvgIpc) is 3.24. The van der Waals surface area contributed by atoms with E-state index in [9.17, 15) is 9.18 Å². The third-order valence-corrected chi connectivity index (χ3v) is 6.05. The number of amides is 1. The van der Waals surface area contributed by atoms with Gasteiger partial charge in [-0.3, -0.25) is 4.79 Å². The van der Waals surface area contributed by atoms with Crippen LogP contribution in [0, 0.1) is 5.82 Å². The van der Waals surface area contributed by atoms with Crippen molar-refractivity contribution in [1.29, 1.82) is 0 Å². The zero-order valence-corrected chi connectivity index (χ0v) is 18.2. The van der Waals surface area contributed by atoms with Crippen LogP contribution in [0.1, 0.15) is 21.8 Å². The van der Waals surface area contributed by atoms with E-state index in [1.165, 1.54) is 29.0 Å². The predicted octanol–water partition coefficient (Wildman–Crippen LogP) is 4.01. The summed E-state index contributed by atoms with van der Waals surface area (Å²) in [6.45, 7) is 1.48. The van der Waals surface area contributed by atoms with Crippen LogP contribution in [0.4, 0.5) is 4.39 Å². The maximum Gasteiger partial charge on any atom is 0.228 e. The molecule has 1 aliphatic rings. The Hall–Kier alpha value is -3.13. The van der Waals surface area contributed by atoms with Gasteiger partial charge in [-0.25, -0.2) is 9.37 Å². The fourth-order valence-corrected chi connectivity index (χ4v) is 4.24. The van der Waals surface area contributed by atoms with Gasteiger partial charge in [0.05, 0.1) is 26.3 Å². The van der Waals surface area contributed by atoms with Gasteiger partial charge in [-0.15, -0.1) is 11.3 Å². The maximum absolute atomic E-state index is 13.0. The number of methoxy groups -OCH3 is 2. The molecule has 162 valence electrons. The standard InChI is InChI=1S/C23H23FN2O4S/c1-28-20-9-15-7-8-26(12-16(15)10-21(20)29-2)23(27)11-18-14-31-22(25-18)13-30-19-5-3-17(24)4-6-19/h3-6,9-10,14H,7-8,11-13H2,1-2H3. The fraction of sp³-hybridized carbons (Fsp3) is 0.304. The van der Waals surface area contributed by atoms with Gasteiger partial charge in [0.15, 0.2) is 11.5 Å². The summed E-state index contributed by atoms with van der Waals surface area (Å²) in [7, 11) is 3.23. The van der Waals surface area contributed by atoms with Gasteiger partial charge in [0.2, 0.25) is 5.91 Å². The van der Waals surface area contributed by atoms with E-state index in [1.807, 2.05) is 22.4 Å². The van der Waals surface area contributed by atoms with E-state index in [0.29, 0.717) is 30.3 Å². The predicted molar refractivity (Wildman–Crippen MR) is 115 cm³/mol. The van der Waals surface area contributed by atoms with Crippen molar-refractivity contribution in [3.63, 3.8) is 0 Å². The molecule has 4 rings (SSSR count). The monoisotopic (exact) mass is 442 g/mol. The summed E-state index contributed by atoms with van der Waals surface area (Å²) in [6, 6.07) is 9.79. The molecule has 0 N–H and O–H groups in total. The molecule has 3 aromatic rings. The van der Waals surface area contributed by atoms with Crippen molar-refractivity contribution >= 4 is 17.2 Å². The van der Waals surface area contributed by atoms with Crippen LogP contribution in [0.25, 0.3) is 0 Å². The molecule has 1 amide bonds. The first-order chi connectivity index (χ1) is 15.1. The Bertz CT molecular complexity index is 1070. The van der Waals surface area contributed by atoms with Crippen LogP contribution in [-0.2, 0) is 30.8 Å². The summed E-state index contributed by atoms with van der Waals surface area (Å²) in [5.74, 6) is 1.69. The number of halogens is 1. The quantitative estimate of drug-likeness (QED) is 0.553. The minimum absolute atomic E-state index is 0.0386. The SMILES string of the molecule is COc1cc2c(cc1OC)CN(C(=O)Cc1csc(COc3ccc(F)cc3)n1)CC2. The van der Waals surface area contributed by atoms with Crippen LogP contribution in [-0.4, -0.2) is 36.6 Å². The number of thiazole rings is 1. The number of benzene rings is 2. The first-order valence-electron chi connectivity index (χ1n) is 9.89. The molecule has 0 atom stereocenters. The van der Waals surface area contributed by atoms with E-state index in [4.69, 9.17) is 14.2 Å². The largest absolute Gasteiger partial charge is 0.493 e. The fourth-order valence-electron chi connectivity index (χ4n) is 3.54. The van der Waals surface area contributed by atoms with Gasteiger partial charge in [-0.1, -0.05) is 0 Å². The molecule has 0 aliphatic carbocycles. The smallest absolute Gasteiger partial charge is 0.228 e. The lowest BCUT2D eigenvalue weighted by molar-refractivity contribution is -0.131. The number of hydrogen-bond acceptors (Lipinski definition) is 6. The molecule has 8 heteroatoms. The van der Waals surface area contributed by atoms with E-state index >= 15 is 0 Å². The second-order valence-electron chi connectivity index (χ2n) is 7.19. The summed E-state index contributed by atoms with van der Waals surface area (Å²) in [5, 5.41) is 2.65. The Morgan fingerprint density at radius 2 is 1.84 bits per heavy atom. The zero-order valence-electron chi connectivity index (χ0n) is 17.4. The maximum atomic E-state index is 13.0. The molecule has 0 fully saturated rings. The molecular formula is C23H23FN2O4S. The van der Waals surface area contributed by atoms with Gasteiger partial charge in [-0.2, -0.15) is 0 Å². The highest BCUT2D eigenvalue weighted by atomic mass is 32.1. The van der Waals surface area contributed by atoms with Crippen LogP contribution in [0.3, 0.4) is 0 Å². The van der Waals surface area contributed by atoms with Crippen LogP contribution in [0.5, 0.6) is 17.2 Å². The van der Waals surface area contributed by atoms with E-state index < -0.39 is 0 Å². The van der Waals surface area contributed by atoms with Crippen LogP contribution >= 0.6 is 11.3 Å². The van der Waals surface area contributed by atoms with Crippen LogP contribution in [0.15, 0.2) is 41.8 Å². The van der Waals surface area contributed by atoms with Gasteiger partial charge in [0, 0.05) is 18.5 Å². The minimum Gasteiger partial charge on any atom is -0.493 e. The van der Waals surface area contributed by atoms with Crippen molar-refractivity contribution in [2.45, 2.75) is 26.0 Å². The molecule has 31 heavy (non-hydrogen) atoms. The Balaban J connectivity index is 1.35. The molecular weight excluding hydrogens is 419 g/mol. The molecule has 2 heterocycles. The molecule has 1 aliphatic heterocycles. The molecule has 0 unspecified atom stereocenters. The second kappa shape index (κ2) is 9.34. The zero-order chi connectivity index (χ0) is 21.8. The van der Waals surface area contributed by atoms with E-state index in [0.717, 1.165) is 22.7 Å². The number of nitrogens with zero attached hydrogens (tertiary/aromatic N) is 2. The van der Waals surface area contributed by atoms with Crippen LogP contribution < -0.4 is 14.2 Å². The van der Waals surface area contributed by atoms with Crippen molar-refractivity contribution in [1.82, 2.24) is 9.88 Å².